The summed E-state index contributed by atoms with van der Waals surface area (Å²) in [5.74, 6) is -3.08. The lowest BCUT2D eigenvalue weighted by atomic mass is 10.0. The minimum Gasteiger partial charge on any atom is -0.481 e. The lowest BCUT2D eigenvalue weighted by molar-refractivity contribution is -0.186. The predicted octanol–water partition coefficient (Wildman–Crippen LogP) is 1.40. The Hall–Kier alpha value is -1.27. The first kappa shape index (κ1) is 12.2. The summed E-state index contributed by atoms with van der Waals surface area (Å²) in [6, 6.07) is -0.816. The van der Waals surface area contributed by atoms with Crippen LogP contribution in [0.5, 0.6) is 0 Å². The molecule has 1 atom stereocenters. The van der Waals surface area contributed by atoms with E-state index in [0.717, 1.165) is 12.8 Å². The van der Waals surface area contributed by atoms with Crippen LogP contribution in [0.1, 0.15) is 25.7 Å². The predicted molar refractivity (Wildman–Crippen MR) is 50.1 cm³/mol. The molecule has 1 saturated heterocycles. The van der Waals surface area contributed by atoms with Gasteiger partial charge in [0.25, 0.3) is 0 Å². The summed E-state index contributed by atoms with van der Waals surface area (Å²) in [6.45, 7) is 0.0449. The number of rotatable bonds is 2. The number of amides is 1. The minimum atomic E-state index is -4.92. The summed E-state index contributed by atoms with van der Waals surface area (Å²) in [5.41, 5.74) is -0.235. The molecule has 17 heavy (non-hydrogen) atoms. The number of hydrogen-bond donors (Lipinski definition) is 1. The van der Waals surface area contributed by atoms with Crippen molar-refractivity contribution in [3.8, 4) is 0 Å². The van der Waals surface area contributed by atoms with Gasteiger partial charge in [-0.25, -0.2) is 0 Å². The Bertz CT molecular complexity index is 362. The van der Waals surface area contributed by atoms with Gasteiger partial charge in [0.1, 0.15) is 0 Å². The molecule has 1 aliphatic heterocycles. The van der Waals surface area contributed by atoms with Crippen LogP contribution in [0, 0.1) is 5.41 Å². The molecule has 2 fully saturated rings. The number of nitrogens with zero attached hydrogens (tertiary/aromatic N) is 1. The number of likely N-dealkylation sites (tertiary alicyclic amines) is 1. The Morgan fingerprint density at radius 2 is 1.94 bits per heavy atom. The van der Waals surface area contributed by atoms with E-state index in [0.29, 0.717) is 11.3 Å². The van der Waals surface area contributed by atoms with E-state index < -0.39 is 30.5 Å². The molecule has 1 spiro atoms. The molecule has 2 rings (SSSR count). The molecular weight excluding hydrogens is 239 g/mol. The second-order valence-electron chi connectivity index (χ2n) is 4.89. The maximum atomic E-state index is 12.3. The monoisotopic (exact) mass is 251 g/mol. The summed E-state index contributed by atoms with van der Waals surface area (Å²) >= 11 is 0. The first-order valence-corrected chi connectivity index (χ1v) is 5.33. The van der Waals surface area contributed by atoms with Gasteiger partial charge >= 0.3 is 18.1 Å². The highest BCUT2D eigenvalue weighted by atomic mass is 19.4. The van der Waals surface area contributed by atoms with Gasteiger partial charge in [-0.15, -0.1) is 0 Å². The molecule has 0 unspecified atom stereocenters. The van der Waals surface area contributed by atoms with Gasteiger partial charge in [-0.3, -0.25) is 9.59 Å². The highest BCUT2D eigenvalue weighted by molar-refractivity contribution is 5.83. The van der Waals surface area contributed by atoms with Crippen molar-refractivity contribution >= 4 is 11.9 Å². The Kier molecular flexibility index (Phi) is 2.59. The number of alkyl halides is 3. The molecule has 1 heterocycles. The SMILES string of the molecule is O=C(O)C[C@@H]1CC2(CC2)CN1C(=O)C(F)(F)F. The molecule has 2 aliphatic rings. The summed E-state index contributed by atoms with van der Waals surface area (Å²) in [7, 11) is 0. The zero-order valence-corrected chi connectivity index (χ0v) is 8.96. The van der Waals surface area contributed by atoms with Crippen molar-refractivity contribution in [3.63, 3.8) is 0 Å². The van der Waals surface area contributed by atoms with Crippen molar-refractivity contribution in [1.29, 1.82) is 0 Å². The lowest BCUT2D eigenvalue weighted by Crippen LogP contribution is -2.44. The maximum Gasteiger partial charge on any atom is 0.471 e. The summed E-state index contributed by atoms with van der Waals surface area (Å²) in [5, 5.41) is 8.65. The fourth-order valence-corrected chi connectivity index (χ4v) is 2.49. The van der Waals surface area contributed by atoms with Crippen LogP contribution in [-0.4, -0.2) is 40.6 Å². The molecule has 1 aliphatic carbocycles. The van der Waals surface area contributed by atoms with E-state index in [1.54, 1.807) is 0 Å². The van der Waals surface area contributed by atoms with E-state index in [1.807, 2.05) is 0 Å². The first-order valence-electron chi connectivity index (χ1n) is 5.33. The van der Waals surface area contributed by atoms with Crippen LogP contribution >= 0.6 is 0 Å². The second-order valence-corrected chi connectivity index (χ2v) is 4.89. The Morgan fingerprint density at radius 1 is 1.35 bits per heavy atom. The molecule has 0 radical (unpaired) electrons. The smallest absolute Gasteiger partial charge is 0.471 e. The number of carbonyl (C=O) groups excluding carboxylic acids is 1. The molecule has 1 N–H and O–H groups in total. The third-order valence-electron chi connectivity index (χ3n) is 3.49. The van der Waals surface area contributed by atoms with Gasteiger partial charge in [0.05, 0.1) is 6.42 Å². The molecule has 7 heteroatoms. The second kappa shape index (κ2) is 3.61. The van der Waals surface area contributed by atoms with E-state index in [1.165, 1.54) is 0 Å². The fourth-order valence-electron chi connectivity index (χ4n) is 2.49. The number of carboxylic acids is 1. The van der Waals surface area contributed by atoms with Crippen LogP contribution < -0.4 is 0 Å². The Balaban J connectivity index is 2.13. The molecule has 1 amide bonds. The van der Waals surface area contributed by atoms with Crippen molar-refractivity contribution in [2.24, 2.45) is 5.41 Å². The summed E-state index contributed by atoms with van der Waals surface area (Å²) in [4.78, 5) is 22.5. The summed E-state index contributed by atoms with van der Waals surface area (Å²) in [6.07, 6.45) is -3.39. The van der Waals surface area contributed by atoms with E-state index in [-0.39, 0.29) is 12.0 Å². The van der Waals surface area contributed by atoms with E-state index in [9.17, 15) is 22.8 Å². The minimum absolute atomic E-state index is 0.0449. The maximum absolute atomic E-state index is 12.3. The van der Waals surface area contributed by atoms with Crippen LogP contribution in [0.2, 0.25) is 0 Å². The topological polar surface area (TPSA) is 57.6 Å². The quantitative estimate of drug-likeness (QED) is 0.807. The van der Waals surface area contributed by atoms with Crippen molar-refractivity contribution in [1.82, 2.24) is 4.90 Å². The van der Waals surface area contributed by atoms with Crippen molar-refractivity contribution in [3.05, 3.63) is 0 Å². The Morgan fingerprint density at radius 3 is 2.35 bits per heavy atom. The number of carboxylic acid groups (broad SMARTS) is 1. The molecule has 1 saturated carbocycles. The molecule has 0 bridgehead atoms. The van der Waals surface area contributed by atoms with Crippen molar-refractivity contribution in [2.75, 3.05) is 6.54 Å². The van der Waals surface area contributed by atoms with Crippen LogP contribution in [-0.2, 0) is 9.59 Å². The van der Waals surface area contributed by atoms with Gasteiger partial charge in [-0.1, -0.05) is 0 Å². The molecule has 0 aromatic carbocycles. The average Bonchev–Trinajstić information content (AvgIpc) is 2.80. The molecule has 0 aromatic rings. The van der Waals surface area contributed by atoms with Gasteiger partial charge in [-0.2, -0.15) is 13.2 Å². The van der Waals surface area contributed by atoms with Crippen molar-refractivity contribution in [2.45, 2.75) is 37.9 Å². The molecule has 96 valence electrons. The highest BCUT2D eigenvalue weighted by Gasteiger charge is 2.57. The number of halogens is 3. The average molecular weight is 251 g/mol. The number of carbonyl (C=O) groups is 2. The number of aliphatic carboxylic acids is 1. The Labute approximate surface area is 95.4 Å². The largest absolute Gasteiger partial charge is 0.481 e. The van der Waals surface area contributed by atoms with E-state index >= 15 is 0 Å². The zero-order valence-electron chi connectivity index (χ0n) is 8.96. The third-order valence-corrected chi connectivity index (χ3v) is 3.49. The van der Waals surface area contributed by atoms with Crippen LogP contribution in [0.15, 0.2) is 0 Å². The first-order chi connectivity index (χ1) is 7.73. The summed E-state index contributed by atoms with van der Waals surface area (Å²) < 4.78 is 37.0. The molecule has 0 aromatic heterocycles. The third kappa shape index (κ3) is 2.37. The highest BCUT2D eigenvalue weighted by Crippen LogP contribution is 2.55. The molecular formula is C10H12F3NO3. The lowest BCUT2D eigenvalue weighted by Gasteiger charge is -2.24. The van der Waals surface area contributed by atoms with Crippen LogP contribution in [0.3, 0.4) is 0 Å². The van der Waals surface area contributed by atoms with E-state index in [2.05, 4.69) is 0 Å². The van der Waals surface area contributed by atoms with Crippen LogP contribution in [0.4, 0.5) is 13.2 Å². The van der Waals surface area contributed by atoms with Crippen LogP contribution in [0.25, 0.3) is 0 Å². The zero-order chi connectivity index (χ0) is 12.8. The van der Waals surface area contributed by atoms with E-state index in [4.69, 9.17) is 5.11 Å². The normalized spacial score (nSPS) is 26.3. The van der Waals surface area contributed by atoms with Gasteiger partial charge in [0.15, 0.2) is 0 Å². The number of hydrogen-bond acceptors (Lipinski definition) is 2. The van der Waals surface area contributed by atoms with Gasteiger partial charge < -0.3 is 10.0 Å². The van der Waals surface area contributed by atoms with Gasteiger partial charge in [0, 0.05) is 12.6 Å². The standard InChI is InChI=1S/C10H12F3NO3/c11-10(12,13)8(17)14-5-9(1-2-9)4-6(14)3-7(15)16/h6H,1-5H2,(H,15,16)/t6-/m1/s1. The van der Waals surface area contributed by atoms with Gasteiger partial charge in [-0.05, 0) is 24.7 Å². The van der Waals surface area contributed by atoms with Crippen molar-refractivity contribution < 1.29 is 27.9 Å². The molecule has 4 nitrogen and oxygen atoms in total. The van der Waals surface area contributed by atoms with Gasteiger partial charge in [0.2, 0.25) is 0 Å². The fraction of sp³-hybridized carbons (Fsp3) is 0.800.